The Bertz CT molecular complexity index is 786. The maximum Gasteiger partial charge on any atom is 0.287 e. The van der Waals surface area contributed by atoms with Gasteiger partial charge >= 0.3 is 0 Å². The molecule has 0 N–H and O–H groups in total. The summed E-state index contributed by atoms with van der Waals surface area (Å²) in [6.45, 7) is 2.07. The van der Waals surface area contributed by atoms with Gasteiger partial charge in [-0.05, 0) is 25.3 Å². The second-order valence-electron chi connectivity index (χ2n) is 5.76. The Hall–Kier alpha value is -2.26. The highest BCUT2D eigenvalue weighted by molar-refractivity contribution is 7.15. The van der Waals surface area contributed by atoms with Gasteiger partial charge in [0.15, 0.2) is 0 Å². The molecule has 0 atom stereocenters. The minimum Gasteiger partial charge on any atom is -0.258 e. The Morgan fingerprint density at radius 3 is 2.78 bits per heavy atom. The largest absolute Gasteiger partial charge is 0.287 e. The number of nitriles is 1. The summed E-state index contributed by atoms with van der Waals surface area (Å²) >= 11 is 1.62. The second kappa shape index (κ2) is 6.47. The highest BCUT2D eigenvalue weighted by Crippen LogP contribution is 2.42. The molecule has 0 aliphatic heterocycles. The van der Waals surface area contributed by atoms with Gasteiger partial charge in [0.25, 0.3) is 5.69 Å². The molecule has 0 spiro atoms. The number of hydrogen-bond donors (Lipinski definition) is 0. The Labute approximate surface area is 138 Å². The van der Waals surface area contributed by atoms with Crippen LogP contribution >= 0.6 is 11.3 Å². The molecule has 3 rings (SSSR count). The number of nitro benzene ring substituents is 1. The Balaban J connectivity index is 2.11. The lowest BCUT2D eigenvalue weighted by molar-refractivity contribution is -0.385. The van der Waals surface area contributed by atoms with E-state index in [1.165, 1.54) is 25.0 Å². The first-order valence-corrected chi connectivity index (χ1v) is 8.64. The van der Waals surface area contributed by atoms with Gasteiger partial charge in [0.2, 0.25) is 0 Å². The summed E-state index contributed by atoms with van der Waals surface area (Å²) in [6.07, 6.45) is 5.58. The van der Waals surface area contributed by atoms with Crippen LogP contribution in [0.15, 0.2) is 18.2 Å². The molecule has 5 nitrogen and oxygen atoms in total. The van der Waals surface area contributed by atoms with E-state index in [4.69, 9.17) is 10.2 Å². The van der Waals surface area contributed by atoms with E-state index in [1.54, 1.807) is 17.4 Å². The highest BCUT2D eigenvalue weighted by atomic mass is 32.1. The monoisotopic (exact) mass is 327 g/mol. The van der Waals surface area contributed by atoms with Gasteiger partial charge in [-0.25, -0.2) is 4.98 Å². The molecule has 1 aliphatic rings. The van der Waals surface area contributed by atoms with Crippen LogP contribution in [0.2, 0.25) is 0 Å². The Morgan fingerprint density at radius 1 is 1.43 bits per heavy atom. The van der Waals surface area contributed by atoms with E-state index in [-0.39, 0.29) is 11.3 Å². The predicted octanol–water partition coefficient (Wildman–Crippen LogP) is 4.81. The van der Waals surface area contributed by atoms with Crippen LogP contribution in [0.5, 0.6) is 0 Å². The first-order valence-electron chi connectivity index (χ1n) is 7.82. The molecular formula is C17H17N3O2S. The SMILES string of the molecule is CCc1nc(C2CCCC2)c(-c2ccc(C#N)c([N+](=O)[O-])c2)s1. The third-order valence-corrected chi connectivity index (χ3v) is 5.58. The topological polar surface area (TPSA) is 79.8 Å². The fourth-order valence-corrected chi connectivity index (χ4v) is 4.22. The first-order chi connectivity index (χ1) is 11.1. The van der Waals surface area contributed by atoms with Crippen molar-refractivity contribution in [2.24, 2.45) is 0 Å². The van der Waals surface area contributed by atoms with Gasteiger partial charge in [-0.1, -0.05) is 25.8 Å². The molecule has 6 heteroatoms. The normalized spacial score (nSPS) is 14.8. The molecule has 1 aromatic heterocycles. The van der Waals surface area contributed by atoms with Crippen LogP contribution < -0.4 is 0 Å². The number of thiazole rings is 1. The van der Waals surface area contributed by atoms with Crippen molar-refractivity contribution in [3.63, 3.8) is 0 Å². The lowest BCUT2D eigenvalue weighted by atomic mass is 9.99. The van der Waals surface area contributed by atoms with E-state index in [0.29, 0.717) is 5.92 Å². The lowest BCUT2D eigenvalue weighted by Crippen LogP contribution is -1.97. The number of nitrogens with zero attached hydrogens (tertiary/aromatic N) is 3. The minimum atomic E-state index is -0.487. The average Bonchev–Trinajstić information content (AvgIpc) is 3.22. The summed E-state index contributed by atoms with van der Waals surface area (Å²) in [6, 6.07) is 6.75. The molecule has 1 aliphatic carbocycles. The van der Waals surface area contributed by atoms with Gasteiger partial charge in [0.05, 0.1) is 20.5 Å². The fourth-order valence-electron chi connectivity index (χ4n) is 3.13. The van der Waals surface area contributed by atoms with E-state index in [1.807, 2.05) is 6.07 Å². The summed E-state index contributed by atoms with van der Waals surface area (Å²) in [5, 5.41) is 21.3. The predicted molar refractivity (Wildman–Crippen MR) is 89.5 cm³/mol. The Kier molecular flexibility index (Phi) is 4.39. The second-order valence-corrected chi connectivity index (χ2v) is 6.84. The van der Waals surface area contributed by atoms with Crippen LogP contribution in [-0.2, 0) is 6.42 Å². The van der Waals surface area contributed by atoms with Gasteiger partial charge in [0.1, 0.15) is 11.6 Å². The van der Waals surface area contributed by atoms with Crippen molar-refractivity contribution in [1.82, 2.24) is 4.98 Å². The third kappa shape index (κ3) is 2.97. The molecule has 2 aromatic rings. The third-order valence-electron chi connectivity index (χ3n) is 4.32. The summed E-state index contributed by atoms with van der Waals surface area (Å²) in [5.41, 5.74) is 1.85. The molecule has 118 valence electrons. The molecule has 1 saturated carbocycles. The molecule has 0 unspecified atom stereocenters. The number of nitro groups is 1. The van der Waals surface area contributed by atoms with Crippen molar-refractivity contribution >= 4 is 17.0 Å². The quantitative estimate of drug-likeness (QED) is 0.596. The van der Waals surface area contributed by atoms with Crippen LogP contribution in [-0.4, -0.2) is 9.91 Å². The van der Waals surface area contributed by atoms with Crippen LogP contribution in [0.1, 0.15) is 54.8 Å². The highest BCUT2D eigenvalue weighted by Gasteiger charge is 2.25. The number of aryl methyl sites for hydroxylation is 1. The molecular weight excluding hydrogens is 310 g/mol. The zero-order valence-corrected chi connectivity index (χ0v) is 13.7. The Morgan fingerprint density at radius 2 is 2.17 bits per heavy atom. The van der Waals surface area contributed by atoms with Crippen molar-refractivity contribution in [2.45, 2.75) is 44.9 Å². The number of aromatic nitrogens is 1. The summed E-state index contributed by atoms with van der Waals surface area (Å²) < 4.78 is 0. The van der Waals surface area contributed by atoms with Crippen LogP contribution in [0.3, 0.4) is 0 Å². The molecule has 23 heavy (non-hydrogen) atoms. The van der Waals surface area contributed by atoms with Crippen molar-refractivity contribution in [3.8, 4) is 16.5 Å². The van der Waals surface area contributed by atoms with Gasteiger partial charge in [-0.2, -0.15) is 5.26 Å². The van der Waals surface area contributed by atoms with E-state index in [0.717, 1.165) is 40.4 Å². The van der Waals surface area contributed by atoms with Crippen LogP contribution in [0.25, 0.3) is 10.4 Å². The van der Waals surface area contributed by atoms with E-state index >= 15 is 0 Å². The van der Waals surface area contributed by atoms with Crippen molar-refractivity contribution < 1.29 is 4.92 Å². The summed E-state index contributed by atoms with van der Waals surface area (Å²) in [4.78, 5) is 16.5. The van der Waals surface area contributed by atoms with E-state index in [9.17, 15) is 10.1 Å². The van der Waals surface area contributed by atoms with Gasteiger partial charge < -0.3 is 0 Å². The molecule has 0 amide bonds. The van der Waals surface area contributed by atoms with Gasteiger partial charge in [0, 0.05) is 17.5 Å². The smallest absolute Gasteiger partial charge is 0.258 e. The molecule has 1 aromatic carbocycles. The van der Waals surface area contributed by atoms with E-state index in [2.05, 4.69) is 6.92 Å². The lowest BCUT2D eigenvalue weighted by Gasteiger charge is -2.09. The van der Waals surface area contributed by atoms with Crippen molar-refractivity contribution in [1.29, 1.82) is 5.26 Å². The van der Waals surface area contributed by atoms with E-state index < -0.39 is 4.92 Å². The number of rotatable bonds is 4. The molecule has 1 fully saturated rings. The molecule has 1 heterocycles. The van der Waals surface area contributed by atoms with Crippen molar-refractivity contribution in [2.75, 3.05) is 0 Å². The molecule has 0 radical (unpaired) electrons. The van der Waals surface area contributed by atoms with Gasteiger partial charge in [-0.15, -0.1) is 11.3 Å². The summed E-state index contributed by atoms with van der Waals surface area (Å²) in [5.74, 6) is 0.455. The minimum absolute atomic E-state index is 0.0985. The fraction of sp³-hybridized carbons (Fsp3) is 0.412. The first kappa shape index (κ1) is 15.6. The van der Waals surface area contributed by atoms with Crippen LogP contribution in [0.4, 0.5) is 5.69 Å². The molecule has 0 bridgehead atoms. The number of benzene rings is 1. The maximum absolute atomic E-state index is 11.2. The summed E-state index contributed by atoms with van der Waals surface area (Å²) in [7, 11) is 0. The van der Waals surface area contributed by atoms with Gasteiger partial charge in [-0.3, -0.25) is 10.1 Å². The zero-order valence-electron chi connectivity index (χ0n) is 12.9. The number of hydrogen-bond acceptors (Lipinski definition) is 5. The van der Waals surface area contributed by atoms with Crippen LogP contribution in [0, 0.1) is 21.4 Å². The molecule has 0 saturated heterocycles. The van der Waals surface area contributed by atoms with Crippen molar-refractivity contribution in [3.05, 3.63) is 44.6 Å². The standard InChI is InChI=1S/C17H17N3O2S/c1-2-15-19-16(11-5-3-4-6-11)17(23-15)12-7-8-13(10-18)14(9-12)20(21)22/h7-9,11H,2-6H2,1H3. The average molecular weight is 327 g/mol. The zero-order chi connectivity index (χ0) is 16.4. The maximum atomic E-state index is 11.2.